The predicted octanol–water partition coefficient (Wildman–Crippen LogP) is 7.34. The SMILES string of the molecule is CCCCCCCCCCCCCCC(CC(=O)O)C(=O)NCCCNC(=O)c1ccc(C(=O)c2ccccc2)cc1. The zero-order valence-electron chi connectivity index (χ0n) is 25.4. The molecule has 2 aromatic carbocycles. The van der Waals surface area contributed by atoms with Gasteiger partial charge in [-0.3, -0.25) is 19.2 Å². The quantitative estimate of drug-likeness (QED) is 0.0944. The normalized spacial score (nSPS) is 11.5. The summed E-state index contributed by atoms with van der Waals surface area (Å²) in [7, 11) is 0. The number of nitrogens with one attached hydrogen (secondary N) is 2. The average molecular weight is 579 g/mol. The Labute approximate surface area is 251 Å². The van der Waals surface area contributed by atoms with E-state index in [1.165, 1.54) is 57.8 Å². The van der Waals surface area contributed by atoms with Crippen LogP contribution < -0.4 is 10.6 Å². The molecule has 0 heterocycles. The second-order valence-corrected chi connectivity index (χ2v) is 11.1. The summed E-state index contributed by atoms with van der Waals surface area (Å²) in [5.74, 6) is -2.07. The average Bonchev–Trinajstić information content (AvgIpc) is 3.00. The number of aliphatic carboxylic acids is 1. The molecule has 2 amide bonds. The number of hydrogen-bond donors (Lipinski definition) is 3. The molecule has 2 rings (SSSR count). The summed E-state index contributed by atoms with van der Waals surface area (Å²) in [5, 5.41) is 14.9. The summed E-state index contributed by atoms with van der Waals surface area (Å²) in [6.07, 6.45) is 15.7. The van der Waals surface area contributed by atoms with Gasteiger partial charge in [-0.05, 0) is 25.0 Å². The van der Waals surface area contributed by atoms with Crippen molar-refractivity contribution in [2.24, 2.45) is 5.92 Å². The number of carbonyl (C=O) groups is 4. The molecule has 0 radical (unpaired) electrons. The van der Waals surface area contributed by atoms with Gasteiger partial charge in [-0.1, -0.05) is 126 Å². The van der Waals surface area contributed by atoms with E-state index in [0.29, 0.717) is 42.6 Å². The van der Waals surface area contributed by atoms with E-state index in [1.807, 2.05) is 18.2 Å². The lowest BCUT2D eigenvalue weighted by Gasteiger charge is -2.15. The molecule has 230 valence electrons. The van der Waals surface area contributed by atoms with Crippen LogP contribution >= 0.6 is 0 Å². The van der Waals surface area contributed by atoms with Crippen molar-refractivity contribution in [3.05, 3.63) is 71.3 Å². The first-order chi connectivity index (χ1) is 20.4. The number of amides is 2. The van der Waals surface area contributed by atoms with E-state index in [1.54, 1.807) is 36.4 Å². The topological polar surface area (TPSA) is 113 Å². The maximum Gasteiger partial charge on any atom is 0.304 e. The minimum Gasteiger partial charge on any atom is -0.481 e. The summed E-state index contributed by atoms with van der Waals surface area (Å²) in [6.45, 7) is 2.96. The smallest absolute Gasteiger partial charge is 0.304 e. The number of benzene rings is 2. The lowest BCUT2D eigenvalue weighted by molar-refractivity contribution is -0.141. The van der Waals surface area contributed by atoms with Crippen molar-refractivity contribution in [3.63, 3.8) is 0 Å². The van der Waals surface area contributed by atoms with Crippen molar-refractivity contribution in [3.8, 4) is 0 Å². The molecule has 0 bridgehead atoms. The number of ketones is 1. The zero-order chi connectivity index (χ0) is 30.4. The molecular weight excluding hydrogens is 528 g/mol. The number of unbranched alkanes of at least 4 members (excludes halogenated alkanes) is 11. The molecule has 42 heavy (non-hydrogen) atoms. The minimum absolute atomic E-state index is 0.0988. The maximum absolute atomic E-state index is 12.6. The predicted molar refractivity (Wildman–Crippen MR) is 168 cm³/mol. The van der Waals surface area contributed by atoms with Crippen molar-refractivity contribution in [1.29, 1.82) is 0 Å². The second-order valence-electron chi connectivity index (χ2n) is 11.1. The summed E-state index contributed by atoms with van der Waals surface area (Å²) in [5.41, 5.74) is 1.56. The van der Waals surface area contributed by atoms with Crippen molar-refractivity contribution >= 4 is 23.6 Å². The molecular formula is C35H50N2O5. The number of rotatable bonds is 23. The Hall–Kier alpha value is -3.48. The molecule has 0 aromatic heterocycles. The standard InChI is InChI=1S/C35H50N2O5/c1-2-3-4-5-6-7-8-9-10-11-12-14-20-31(27-32(38)39)35(42)37-26-17-25-36-34(41)30-23-21-29(22-24-30)33(40)28-18-15-13-16-19-28/h13,15-16,18-19,21-24,31H,2-12,14,17,20,25-27H2,1H3,(H,36,41)(H,37,42)(H,38,39). The molecule has 3 N–H and O–H groups in total. The summed E-state index contributed by atoms with van der Waals surface area (Å²) in [4.78, 5) is 48.9. The number of carboxylic acid groups (broad SMARTS) is 1. The van der Waals surface area contributed by atoms with Gasteiger partial charge in [-0.15, -0.1) is 0 Å². The highest BCUT2D eigenvalue weighted by atomic mass is 16.4. The fraction of sp³-hybridized carbons (Fsp3) is 0.543. The van der Waals surface area contributed by atoms with Gasteiger partial charge in [-0.25, -0.2) is 0 Å². The summed E-state index contributed by atoms with van der Waals surface area (Å²) >= 11 is 0. The van der Waals surface area contributed by atoms with E-state index >= 15 is 0 Å². The van der Waals surface area contributed by atoms with Gasteiger partial charge < -0.3 is 15.7 Å². The summed E-state index contributed by atoms with van der Waals surface area (Å²) in [6, 6.07) is 15.5. The van der Waals surface area contributed by atoms with Gasteiger partial charge in [0.2, 0.25) is 5.91 Å². The van der Waals surface area contributed by atoms with Crippen LogP contribution in [0, 0.1) is 5.92 Å². The van der Waals surface area contributed by atoms with Gasteiger partial charge >= 0.3 is 5.97 Å². The zero-order valence-corrected chi connectivity index (χ0v) is 25.4. The number of hydrogen-bond acceptors (Lipinski definition) is 4. The van der Waals surface area contributed by atoms with Crippen molar-refractivity contribution in [1.82, 2.24) is 10.6 Å². The Balaban J connectivity index is 1.59. The first-order valence-electron chi connectivity index (χ1n) is 15.9. The molecule has 0 fully saturated rings. The molecule has 0 aliphatic carbocycles. The third-order valence-electron chi connectivity index (χ3n) is 7.58. The Morgan fingerprint density at radius 1 is 0.619 bits per heavy atom. The molecule has 2 aromatic rings. The lowest BCUT2D eigenvalue weighted by Crippen LogP contribution is -2.34. The Morgan fingerprint density at radius 3 is 1.69 bits per heavy atom. The minimum atomic E-state index is -0.960. The molecule has 7 heteroatoms. The second kappa shape index (κ2) is 21.3. The van der Waals surface area contributed by atoms with Crippen LogP contribution in [0.1, 0.15) is 130 Å². The highest BCUT2D eigenvalue weighted by molar-refractivity contribution is 6.09. The van der Waals surface area contributed by atoms with Gasteiger partial charge in [0.1, 0.15) is 0 Å². The van der Waals surface area contributed by atoms with E-state index in [2.05, 4.69) is 17.6 Å². The van der Waals surface area contributed by atoms with Crippen LogP contribution in [-0.2, 0) is 9.59 Å². The van der Waals surface area contributed by atoms with Crippen LogP contribution in [0.15, 0.2) is 54.6 Å². The van der Waals surface area contributed by atoms with Gasteiger partial charge in [-0.2, -0.15) is 0 Å². The van der Waals surface area contributed by atoms with Crippen LogP contribution in [0.25, 0.3) is 0 Å². The largest absolute Gasteiger partial charge is 0.481 e. The van der Waals surface area contributed by atoms with Crippen LogP contribution in [0.3, 0.4) is 0 Å². The lowest BCUT2D eigenvalue weighted by atomic mass is 9.96. The van der Waals surface area contributed by atoms with Gasteiger partial charge in [0.15, 0.2) is 5.78 Å². The van der Waals surface area contributed by atoms with Crippen molar-refractivity contribution in [2.75, 3.05) is 13.1 Å². The molecule has 0 spiro atoms. The third kappa shape index (κ3) is 14.4. The highest BCUT2D eigenvalue weighted by Crippen LogP contribution is 2.17. The molecule has 0 aliphatic heterocycles. The third-order valence-corrected chi connectivity index (χ3v) is 7.58. The number of carboxylic acids is 1. The Kier molecular flexibility index (Phi) is 17.6. The Morgan fingerprint density at radius 2 is 1.12 bits per heavy atom. The van der Waals surface area contributed by atoms with Crippen molar-refractivity contribution in [2.45, 2.75) is 103 Å². The van der Waals surface area contributed by atoms with Crippen LogP contribution in [0.5, 0.6) is 0 Å². The molecule has 7 nitrogen and oxygen atoms in total. The van der Waals surface area contributed by atoms with Gasteiger partial charge in [0.25, 0.3) is 5.91 Å². The first-order valence-corrected chi connectivity index (χ1v) is 15.9. The highest BCUT2D eigenvalue weighted by Gasteiger charge is 2.21. The molecule has 1 atom stereocenters. The summed E-state index contributed by atoms with van der Waals surface area (Å²) < 4.78 is 0. The van der Waals surface area contributed by atoms with Gasteiger partial charge in [0, 0.05) is 35.7 Å². The van der Waals surface area contributed by atoms with Crippen molar-refractivity contribution < 1.29 is 24.3 Å². The first kappa shape index (κ1) is 34.7. The van der Waals surface area contributed by atoms with E-state index in [4.69, 9.17) is 0 Å². The molecule has 0 aliphatic rings. The van der Waals surface area contributed by atoms with Crippen LogP contribution in [0.2, 0.25) is 0 Å². The van der Waals surface area contributed by atoms with E-state index in [0.717, 1.165) is 19.3 Å². The van der Waals surface area contributed by atoms with Gasteiger partial charge in [0.05, 0.1) is 6.42 Å². The van der Waals surface area contributed by atoms with E-state index in [9.17, 15) is 24.3 Å². The molecule has 0 saturated heterocycles. The van der Waals surface area contributed by atoms with E-state index < -0.39 is 11.9 Å². The molecule has 0 saturated carbocycles. The fourth-order valence-corrected chi connectivity index (χ4v) is 5.05. The molecule has 1 unspecified atom stereocenters. The Bertz CT molecular complexity index is 1070. The monoisotopic (exact) mass is 578 g/mol. The van der Waals surface area contributed by atoms with Crippen LogP contribution in [0.4, 0.5) is 0 Å². The van der Waals surface area contributed by atoms with E-state index in [-0.39, 0.29) is 24.0 Å². The fourth-order valence-electron chi connectivity index (χ4n) is 5.05. The number of carbonyl (C=O) groups excluding carboxylic acids is 3. The maximum atomic E-state index is 12.6. The van der Waals surface area contributed by atoms with Crippen LogP contribution in [-0.4, -0.2) is 41.8 Å².